The number of hydrogen-bond donors (Lipinski definition) is 1. The Labute approximate surface area is 154 Å². The van der Waals surface area contributed by atoms with Gasteiger partial charge in [-0.1, -0.05) is 30.7 Å². The first-order valence-corrected chi connectivity index (χ1v) is 9.18. The zero-order chi connectivity index (χ0) is 16.7. The lowest BCUT2D eigenvalue weighted by Gasteiger charge is -2.42. The van der Waals surface area contributed by atoms with Crippen molar-refractivity contribution in [2.75, 3.05) is 7.11 Å². The van der Waals surface area contributed by atoms with Crippen molar-refractivity contribution in [3.8, 4) is 0 Å². The molecule has 3 aromatic rings. The van der Waals surface area contributed by atoms with Crippen LogP contribution in [0.4, 0.5) is 0 Å². The van der Waals surface area contributed by atoms with E-state index < -0.39 is 0 Å². The third kappa shape index (κ3) is 2.27. The molecule has 122 valence electrons. The number of ether oxygens (including phenoxy) is 1. The Morgan fingerprint density at radius 3 is 2.54 bits per heavy atom. The molecule has 3 nitrogen and oxygen atoms in total. The highest BCUT2D eigenvalue weighted by molar-refractivity contribution is 14.1. The van der Waals surface area contributed by atoms with Gasteiger partial charge in [-0.2, -0.15) is 0 Å². The van der Waals surface area contributed by atoms with Gasteiger partial charge in [0.05, 0.1) is 18.2 Å². The van der Waals surface area contributed by atoms with Crippen molar-refractivity contribution in [2.45, 2.75) is 24.7 Å². The van der Waals surface area contributed by atoms with Crippen LogP contribution in [0.3, 0.4) is 0 Å². The summed E-state index contributed by atoms with van der Waals surface area (Å²) in [6.45, 7) is 0. The van der Waals surface area contributed by atoms with Crippen LogP contribution >= 0.6 is 22.6 Å². The lowest BCUT2D eigenvalue weighted by molar-refractivity contribution is 0.0603. The minimum atomic E-state index is -0.300. The molecule has 0 aliphatic heterocycles. The number of H-pyrrole nitrogens is 1. The maximum Gasteiger partial charge on any atom is 0.339 e. The topological polar surface area (TPSA) is 42.1 Å². The van der Waals surface area contributed by atoms with Crippen LogP contribution in [-0.2, 0) is 10.2 Å². The number of aromatic nitrogens is 1. The number of hydrogen-bond acceptors (Lipinski definition) is 2. The minimum absolute atomic E-state index is 0.0529. The monoisotopic (exact) mass is 431 g/mol. The van der Waals surface area contributed by atoms with Crippen LogP contribution in [0, 0.1) is 3.57 Å². The van der Waals surface area contributed by atoms with Crippen molar-refractivity contribution in [2.24, 2.45) is 0 Å². The summed E-state index contributed by atoms with van der Waals surface area (Å²) in [7, 11) is 1.42. The van der Waals surface area contributed by atoms with Crippen molar-refractivity contribution < 1.29 is 9.53 Å². The van der Waals surface area contributed by atoms with E-state index in [0.29, 0.717) is 5.56 Å². The van der Waals surface area contributed by atoms with E-state index in [-0.39, 0.29) is 11.4 Å². The third-order valence-electron chi connectivity index (χ3n) is 5.24. The Morgan fingerprint density at radius 1 is 1.17 bits per heavy atom. The van der Waals surface area contributed by atoms with Gasteiger partial charge in [0.1, 0.15) is 0 Å². The van der Waals surface area contributed by atoms with Crippen molar-refractivity contribution in [1.29, 1.82) is 0 Å². The van der Waals surface area contributed by atoms with Crippen molar-refractivity contribution in [3.05, 3.63) is 68.9 Å². The lowest BCUT2D eigenvalue weighted by atomic mass is 9.60. The first-order valence-electron chi connectivity index (χ1n) is 8.11. The molecule has 1 N–H and O–H groups in total. The Bertz CT molecular complexity index is 907. The van der Waals surface area contributed by atoms with E-state index in [1.54, 1.807) is 0 Å². The van der Waals surface area contributed by atoms with Crippen LogP contribution in [0.5, 0.6) is 0 Å². The van der Waals surface area contributed by atoms with E-state index in [9.17, 15) is 4.79 Å². The average molecular weight is 431 g/mol. The molecule has 2 aromatic carbocycles. The molecule has 4 heteroatoms. The fraction of sp³-hybridized carbons (Fsp3) is 0.250. The Morgan fingerprint density at radius 2 is 1.92 bits per heavy atom. The molecule has 0 radical (unpaired) electrons. The number of rotatable bonds is 3. The maximum absolute atomic E-state index is 12.0. The third-order valence-corrected chi connectivity index (χ3v) is 5.96. The van der Waals surface area contributed by atoms with Gasteiger partial charge in [-0.3, -0.25) is 0 Å². The highest BCUT2D eigenvalue weighted by Crippen LogP contribution is 2.51. The van der Waals surface area contributed by atoms with Crippen LogP contribution in [-0.4, -0.2) is 18.1 Å². The summed E-state index contributed by atoms with van der Waals surface area (Å²) in [4.78, 5) is 15.4. The van der Waals surface area contributed by atoms with Crippen LogP contribution in [0.1, 0.15) is 40.7 Å². The number of para-hydroxylation sites is 1. The maximum atomic E-state index is 12.0. The van der Waals surface area contributed by atoms with Crippen molar-refractivity contribution in [1.82, 2.24) is 4.98 Å². The largest absolute Gasteiger partial charge is 0.465 e. The standard InChI is InChI=1S/C20H18INO2/c1-24-19(23)16-5-2-4-15-17(12-22-18(15)16)20(10-3-11-20)13-6-8-14(21)9-7-13/h2,4-9,12,22H,3,10-11H2,1H3. The van der Waals surface area contributed by atoms with E-state index in [1.807, 2.05) is 12.1 Å². The number of carbonyl (C=O) groups is 1. The Balaban J connectivity index is 1.89. The average Bonchev–Trinajstić information content (AvgIpc) is 2.99. The van der Waals surface area contributed by atoms with Crippen molar-refractivity contribution >= 4 is 39.5 Å². The van der Waals surface area contributed by atoms with Gasteiger partial charge < -0.3 is 9.72 Å². The first kappa shape index (κ1) is 15.7. The fourth-order valence-electron chi connectivity index (χ4n) is 3.84. The molecule has 4 rings (SSSR count). The number of carbonyl (C=O) groups excluding carboxylic acids is 1. The zero-order valence-electron chi connectivity index (χ0n) is 13.4. The van der Waals surface area contributed by atoms with E-state index in [2.05, 4.69) is 64.1 Å². The smallest absolute Gasteiger partial charge is 0.339 e. The molecule has 0 bridgehead atoms. The Hall–Kier alpha value is -1.82. The van der Waals surface area contributed by atoms with Crippen LogP contribution in [0.25, 0.3) is 10.9 Å². The van der Waals surface area contributed by atoms with Gasteiger partial charge in [-0.05, 0) is 64.8 Å². The molecule has 0 spiro atoms. The second-order valence-corrected chi connectivity index (χ2v) is 7.61. The molecule has 1 aliphatic carbocycles. The molecular weight excluding hydrogens is 413 g/mol. The Kier molecular flexibility index (Phi) is 3.87. The van der Waals surface area contributed by atoms with E-state index in [1.165, 1.54) is 28.2 Å². The van der Waals surface area contributed by atoms with Gasteiger partial charge in [-0.15, -0.1) is 0 Å². The first-order chi connectivity index (χ1) is 11.7. The fourth-order valence-corrected chi connectivity index (χ4v) is 4.20. The van der Waals surface area contributed by atoms with Gasteiger partial charge in [0.25, 0.3) is 0 Å². The summed E-state index contributed by atoms with van der Waals surface area (Å²) >= 11 is 2.34. The van der Waals surface area contributed by atoms with Gasteiger partial charge >= 0.3 is 5.97 Å². The molecule has 1 aromatic heterocycles. The molecule has 1 aliphatic rings. The number of esters is 1. The predicted octanol–water partition coefficient (Wildman–Crippen LogP) is 5.03. The van der Waals surface area contributed by atoms with Crippen LogP contribution in [0.2, 0.25) is 0 Å². The molecule has 0 amide bonds. The number of benzene rings is 2. The van der Waals surface area contributed by atoms with E-state index in [4.69, 9.17) is 4.74 Å². The second-order valence-electron chi connectivity index (χ2n) is 6.36. The number of methoxy groups -OCH3 is 1. The van der Waals surface area contributed by atoms with Gasteiger partial charge in [0.2, 0.25) is 0 Å². The molecule has 1 heterocycles. The highest BCUT2D eigenvalue weighted by Gasteiger charge is 2.42. The highest BCUT2D eigenvalue weighted by atomic mass is 127. The van der Waals surface area contributed by atoms with E-state index in [0.717, 1.165) is 23.7 Å². The normalized spacial score (nSPS) is 15.9. The van der Waals surface area contributed by atoms with Gasteiger partial charge in [-0.25, -0.2) is 4.79 Å². The summed E-state index contributed by atoms with van der Waals surface area (Å²) in [5.41, 5.74) is 4.17. The molecule has 0 atom stereocenters. The second kappa shape index (κ2) is 5.92. The summed E-state index contributed by atoms with van der Waals surface area (Å²) in [6.07, 6.45) is 5.59. The predicted molar refractivity (Wildman–Crippen MR) is 103 cm³/mol. The number of aromatic amines is 1. The molecule has 24 heavy (non-hydrogen) atoms. The van der Waals surface area contributed by atoms with Crippen LogP contribution in [0.15, 0.2) is 48.7 Å². The SMILES string of the molecule is COC(=O)c1cccc2c(C3(c4ccc(I)cc4)CCC3)c[nH]c12. The quantitative estimate of drug-likeness (QED) is 0.467. The zero-order valence-corrected chi connectivity index (χ0v) is 15.6. The molecular formula is C20H18INO2. The molecule has 0 saturated heterocycles. The van der Waals surface area contributed by atoms with Crippen LogP contribution < -0.4 is 0 Å². The summed E-state index contributed by atoms with van der Waals surface area (Å²) in [5, 5.41) is 1.12. The number of halogens is 1. The van der Waals surface area contributed by atoms with Gasteiger partial charge in [0, 0.05) is 20.6 Å². The van der Waals surface area contributed by atoms with Crippen molar-refractivity contribution in [3.63, 3.8) is 0 Å². The molecule has 0 unspecified atom stereocenters. The van der Waals surface area contributed by atoms with E-state index >= 15 is 0 Å². The summed E-state index contributed by atoms with van der Waals surface area (Å²) in [6, 6.07) is 14.7. The molecule has 1 fully saturated rings. The minimum Gasteiger partial charge on any atom is -0.465 e. The number of nitrogens with one attached hydrogen (secondary N) is 1. The number of fused-ring (bicyclic) bond motifs is 1. The lowest BCUT2D eigenvalue weighted by Crippen LogP contribution is -2.35. The summed E-state index contributed by atoms with van der Waals surface area (Å²) < 4.78 is 6.17. The van der Waals surface area contributed by atoms with Gasteiger partial charge in [0.15, 0.2) is 0 Å². The summed E-state index contributed by atoms with van der Waals surface area (Å²) in [5.74, 6) is -0.300. The molecule has 1 saturated carbocycles.